The molecule has 0 bridgehead atoms. The summed E-state index contributed by atoms with van der Waals surface area (Å²) in [5, 5.41) is 2.54. The molecule has 0 aliphatic rings. The molecule has 0 spiro atoms. The SMILES string of the molecule is COC(CC(=O)C(=O)c1csc2ccccc12)OC. The molecule has 0 fully saturated rings. The fraction of sp³-hybridized carbons (Fsp3) is 0.286. The van der Waals surface area contributed by atoms with Gasteiger partial charge in [-0.1, -0.05) is 18.2 Å². The van der Waals surface area contributed by atoms with Crippen LogP contribution in [0.4, 0.5) is 0 Å². The van der Waals surface area contributed by atoms with Gasteiger partial charge in [0.25, 0.3) is 0 Å². The number of hydrogen-bond donors (Lipinski definition) is 0. The van der Waals surface area contributed by atoms with Gasteiger partial charge in [0.05, 0.1) is 6.42 Å². The molecule has 5 heteroatoms. The molecule has 0 N–H and O–H groups in total. The zero-order valence-corrected chi connectivity index (χ0v) is 11.5. The average Bonchev–Trinajstić information content (AvgIpc) is 2.87. The van der Waals surface area contributed by atoms with Crippen molar-refractivity contribution in [3.63, 3.8) is 0 Å². The summed E-state index contributed by atoms with van der Waals surface area (Å²) in [7, 11) is 2.87. The first kappa shape index (κ1) is 13.9. The number of fused-ring (bicyclic) bond motifs is 1. The highest BCUT2D eigenvalue weighted by Crippen LogP contribution is 2.26. The van der Waals surface area contributed by atoms with Crippen LogP contribution in [0.25, 0.3) is 10.1 Å². The lowest BCUT2D eigenvalue weighted by atomic mass is 10.0. The number of ether oxygens (including phenoxy) is 2. The number of carbonyl (C=O) groups excluding carboxylic acids is 2. The second kappa shape index (κ2) is 6.06. The van der Waals surface area contributed by atoms with Crippen LogP contribution in [-0.4, -0.2) is 32.1 Å². The first-order valence-electron chi connectivity index (χ1n) is 5.76. The average molecular weight is 278 g/mol. The molecule has 0 saturated heterocycles. The van der Waals surface area contributed by atoms with Crippen LogP contribution in [0.15, 0.2) is 29.6 Å². The number of benzene rings is 1. The molecule has 0 saturated carbocycles. The van der Waals surface area contributed by atoms with Crippen molar-refractivity contribution in [1.82, 2.24) is 0 Å². The molecule has 4 nitrogen and oxygen atoms in total. The molecular weight excluding hydrogens is 264 g/mol. The molecule has 0 unspecified atom stereocenters. The number of carbonyl (C=O) groups is 2. The predicted octanol–water partition coefficient (Wildman–Crippen LogP) is 2.66. The van der Waals surface area contributed by atoms with Gasteiger partial charge in [0.1, 0.15) is 0 Å². The Balaban J connectivity index is 2.22. The topological polar surface area (TPSA) is 52.6 Å². The number of ketones is 2. The van der Waals surface area contributed by atoms with Crippen LogP contribution in [0.2, 0.25) is 0 Å². The minimum Gasteiger partial charge on any atom is -0.355 e. The Kier molecular flexibility index (Phi) is 4.42. The number of rotatable bonds is 6. The molecule has 19 heavy (non-hydrogen) atoms. The van der Waals surface area contributed by atoms with Gasteiger partial charge in [-0.2, -0.15) is 0 Å². The molecule has 0 atom stereocenters. The first-order valence-corrected chi connectivity index (χ1v) is 6.64. The normalized spacial score (nSPS) is 11.1. The maximum atomic E-state index is 12.1. The zero-order chi connectivity index (χ0) is 13.8. The first-order chi connectivity index (χ1) is 9.17. The highest BCUT2D eigenvalue weighted by atomic mass is 32.1. The maximum absolute atomic E-state index is 12.1. The van der Waals surface area contributed by atoms with Crippen molar-refractivity contribution in [2.75, 3.05) is 14.2 Å². The van der Waals surface area contributed by atoms with E-state index in [1.54, 1.807) is 5.38 Å². The third-order valence-electron chi connectivity index (χ3n) is 2.86. The second-order valence-electron chi connectivity index (χ2n) is 4.00. The molecule has 0 aliphatic heterocycles. The van der Waals surface area contributed by atoms with Crippen molar-refractivity contribution >= 4 is 33.0 Å². The highest BCUT2D eigenvalue weighted by molar-refractivity contribution is 7.17. The molecule has 2 rings (SSSR count). The predicted molar refractivity (Wildman–Crippen MR) is 73.6 cm³/mol. The highest BCUT2D eigenvalue weighted by Gasteiger charge is 2.23. The Bertz CT molecular complexity index is 598. The summed E-state index contributed by atoms with van der Waals surface area (Å²) in [6, 6.07) is 7.52. The van der Waals surface area contributed by atoms with Crippen molar-refractivity contribution < 1.29 is 19.1 Å². The van der Waals surface area contributed by atoms with Crippen molar-refractivity contribution in [3.8, 4) is 0 Å². The minimum atomic E-state index is -0.679. The van der Waals surface area contributed by atoms with Crippen LogP contribution in [0.5, 0.6) is 0 Å². The van der Waals surface area contributed by atoms with Gasteiger partial charge >= 0.3 is 0 Å². The van der Waals surface area contributed by atoms with Gasteiger partial charge in [-0.25, -0.2) is 0 Å². The monoisotopic (exact) mass is 278 g/mol. The molecule has 0 radical (unpaired) electrons. The van der Waals surface area contributed by atoms with E-state index in [0.29, 0.717) is 5.56 Å². The zero-order valence-electron chi connectivity index (χ0n) is 10.7. The van der Waals surface area contributed by atoms with Gasteiger partial charge in [0.15, 0.2) is 6.29 Å². The summed E-state index contributed by atoms with van der Waals surface area (Å²) >= 11 is 1.45. The maximum Gasteiger partial charge on any atom is 0.230 e. The number of thiophene rings is 1. The molecule has 2 aromatic rings. The van der Waals surface area contributed by atoms with Gasteiger partial charge in [-0.15, -0.1) is 11.3 Å². The Morgan fingerprint density at radius 2 is 1.89 bits per heavy atom. The quantitative estimate of drug-likeness (QED) is 0.463. The number of methoxy groups -OCH3 is 2. The van der Waals surface area contributed by atoms with Gasteiger partial charge in [-0.05, 0) is 6.07 Å². The molecule has 0 aliphatic carbocycles. The summed E-state index contributed by atoms with van der Waals surface area (Å²) in [6.45, 7) is 0. The van der Waals surface area contributed by atoms with Crippen molar-refractivity contribution in [2.45, 2.75) is 12.7 Å². The van der Waals surface area contributed by atoms with Gasteiger partial charge < -0.3 is 9.47 Å². The van der Waals surface area contributed by atoms with Crippen LogP contribution in [0.1, 0.15) is 16.8 Å². The lowest BCUT2D eigenvalue weighted by Gasteiger charge is -2.11. The van der Waals surface area contributed by atoms with E-state index in [2.05, 4.69) is 0 Å². The van der Waals surface area contributed by atoms with Crippen LogP contribution >= 0.6 is 11.3 Å². The van der Waals surface area contributed by atoms with Gasteiger partial charge in [-0.3, -0.25) is 9.59 Å². The van der Waals surface area contributed by atoms with Crippen LogP contribution < -0.4 is 0 Å². The minimum absolute atomic E-state index is 0.0734. The lowest BCUT2D eigenvalue weighted by Crippen LogP contribution is -2.23. The van der Waals surface area contributed by atoms with E-state index in [-0.39, 0.29) is 6.42 Å². The fourth-order valence-electron chi connectivity index (χ4n) is 1.81. The summed E-state index contributed by atoms with van der Waals surface area (Å²) in [5.74, 6) is -0.992. The Labute approximate surface area is 114 Å². The third-order valence-corrected chi connectivity index (χ3v) is 3.82. The summed E-state index contributed by atoms with van der Waals surface area (Å²) in [4.78, 5) is 24.0. The molecule has 0 amide bonds. The largest absolute Gasteiger partial charge is 0.355 e. The number of Topliss-reactive ketones (excluding diaryl/α,β-unsaturated/α-hetero) is 2. The van der Waals surface area contributed by atoms with Crippen molar-refractivity contribution in [1.29, 1.82) is 0 Å². The van der Waals surface area contributed by atoms with E-state index < -0.39 is 17.9 Å². The summed E-state index contributed by atoms with van der Waals surface area (Å²) < 4.78 is 10.9. The molecule has 1 heterocycles. The van der Waals surface area contributed by atoms with Crippen LogP contribution in [0.3, 0.4) is 0 Å². The molecule has 1 aromatic carbocycles. The number of hydrogen-bond acceptors (Lipinski definition) is 5. The van der Waals surface area contributed by atoms with E-state index in [4.69, 9.17) is 9.47 Å². The van der Waals surface area contributed by atoms with E-state index in [0.717, 1.165) is 10.1 Å². The molecular formula is C14H14O4S. The van der Waals surface area contributed by atoms with Crippen LogP contribution in [0, 0.1) is 0 Å². The fourth-order valence-corrected chi connectivity index (χ4v) is 2.75. The third kappa shape index (κ3) is 2.89. The Morgan fingerprint density at radius 3 is 2.58 bits per heavy atom. The van der Waals surface area contributed by atoms with E-state index in [9.17, 15) is 9.59 Å². The Morgan fingerprint density at radius 1 is 1.21 bits per heavy atom. The molecule has 1 aromatic heterocycles. The standard InChI is InChI=1S/C14H14O4S/c1-17-13(18-2)7-11(15)14(16)10-8-19-12-6-4-3-5-9(10)12/h3-6,8,13H,7H2,1-2H3. The lowest BCUT2D eigenvalue weighted by molar-refractivity contribution is -0.133. The summed E-state index contributed by atoms with van der Waals surface area (Å²) in [5.41, 5.74) is 0.455. The van der Waals surface area contributed by atoms with Crippen molar-refractivity contribution in [2.24, 2.45) is 0 Å². The van der Waals surface area contributed by atoms with E-state index >= 15 is 0 Å². The Hall–Kier alpha value is -1.56. The summed E-state index contributed by atoms with van der Waals surface area (Å²) in [6.07, 6.45) is -0.753. The smallest absolute Gasteiger partial charge is 0.230 e. The second-order valence-corrected chi connectivity index (χ2v) is 4.91. The van der Waals surface area contributed by atoms with Crippen molar-refractivity contribution in [3.05, 3.63) is 35.2 Å². The van der Waals surface area contributed by atoms with E-state index in [1.165, 1.54) is 25.6 Å². The van der Waals surface area contributed by atoms with Crippen LogP contribution in [-0.2, 0) is 14.3 Å². The van der Waals surface area contributed by atoms with E-state index in [1.807, 2.05) is 24.3 Å². The van der Waals surface area contributed by atoms with Gasteiger partial charge in [0.2, 0.25) is 11.6 Å². The molecule has 100 valence electrons. The van der Waals surface area contributed by atoms with Gasteiger partial charge in [0, 0.05) is 35.2 Å².